The van der Waals surface area contributed by atoms with E-state index in [0.29, 0.717) is 11.8 Å². The van der Waals surface area contributed by atoms with Crippen LogP contribution in [0.5, 0.6) is 0 Å². The molecule has 1 rings (SSSR count). The second kappa shape index (κ2) is 14.3. The molecule has 178 valence electrons. The number of carbonyl (C=O) groups excluding carboxylic acids is 1. The molecular weight excluding hydrogens is 493 g/mol. The molecule has 0 aliphatic carbocycles. The zero-order valence-electron chi connectivity index (χ0n) is 20.5. The second-order valence-electron chi connectivity index (χ2n) is 9.59. The van der Waals surface area contributed by atoms with Gasteiger partial charge in [-0.15, -0.1) is 24.0 Å². The summed E-state index contributed by atoms with van der Waals surface area (Å²) in [5, 5.41) is 6.56. The lowest BCUT2D eigenvalue weighted by Crippen LogP contribution is -2.46. The summed E-state index contributed by atoms with van der Waals surface area (Å²) >= 11 is 0. The molecule has 1 aliphatic rings. The summed E-state index contributed by atoms with van der Waals surface area (Å²) in [5.41, 5.74) is -0.485. The van der Waals surface area contributed by atoms with Crippen molar-refractivity contribution in [1.29, 1.82) is 0 Å². The molecule has 30 heavy (non-hydrogen) atoms. The first kappa shape index (κ1) is 29.2. The Balaban J connectivity index is 0.00000841. The van der Waals surface area contributed by atoms with E-state index in [-0.39, 0.29) is 36.1 Å². The molecule has 2 unspecified atom stereocenters. The van der Waals surface area contributed by atoms with Crippen LogP contribution in [0.1, 0.15) is 60.8 Å². The van der Waals surface area contributed by atoms with Crippen molar-refractivity contribution in [2.75, 3.05) is 46.8 Å². The van der Waals surface area contributed by atoms with Crippen molar-refractivity contribution in [2.24, 2.45) is 16.8 Å². The Kier molecular flexibility index (Phi) is 14.0. The molecule has 1 fully saturated rings. The molecule has 1 aliphatic heterocycles. The van der Waals surface area contributed by atoms with Crippen LogP contribution in [0.25, 0.3) is 0 Å². The molecule has 0 aromatic rings. The van der Waals surface area contributed by atoms with Crippen LogP contribution in [-0.4, -0.2) is 80.3 Å². The van der Waals surface area contributed by atoms with Gasteiger partial charge in [-0.25, -0.2) is 4.79 Å². The second-order valence-corrected chi connectivity index (χ2v) is 9.59. The molecule has 0 aromatic heterocycles. The van der Waals surface area contributed by atoms with Gasteiger partial charge >= 0.3 is 6.09 Å². The maximum absolute atomic E-state index is 12.1. The fourth-order valence-corrected chi connectivity index (χ4v) is 3.69. The van der Waals surface area contributed by atoms with Crippen LogP contribution in [0.4, 0.5) is 4.79 Å². The highest BCUT2D eigenvalue weighted by Crippen LogP contribution is 2.15. The zero-order valence-corrected chi connectivity index (χ0v) is 22.8. The maximum Gasteiger partial charge on any atom is 0.407 e. The number of halogens is 1. The Morgan fingerprint density at radius 3 is 2.53 bits per heavy atom. The third-order valence-electron chi connectivity index (χ3n) is 5.31. The van der Waals surface area contributed by atoms with E-state index in [9.17, 15) is 4.79 Å². The minimum atomic E-state index is -0.485. The van der Waals surface area contributed by atoms with Crippen molar-refractivity contribution < 1.29 is 9.53 Å². The van der Waals surface area contributed by atoms with E-state index in [1.807, 2.05) is 27.8 Å². The Morgan fingerprint density at radius 1 is 1.33 bits per heavy atom. The first-order valence-electron chi connectivity index (χ1n) is 11.2. The molecule has 0 aromatic carbocycles. The highest BCUT2D eigenvalue weighted by molar-refractivity contribution is 14.0. The van der Waals surface area contributed by atoms with Crippen molar-refractivity contribution in [1.82, 2.24) is 20.4 Å². The van der Waals surface area contributed by atoms with Crippen molar-refractivity contribution in [2.45, 2.75) is 72.4 Å². The highest BCUT2D eigenvalue weighted by atomic mass is 127. The van der Waals surface area contributed by atoms with E-state index in [0.717, 1.165) is 25.5 Å². The monoisotopic (exact) mass is 539 g/mol. The van der Waals surface area contributed by atoms with Gasteiger partial charge in [0.05, 0.1) is 0 Å². The zero-order chi connectivity index (χ0) is 22.0. The molecule has 0 spiro atoms. The fraction of sp³-hybridized carbons (Fsp3) is 0.909. The van der Waals surface area contributed by atoms with Crippen molar-refractivity contribution in [3.63, 3.8) is 0 Å². The third kappa shape index (κ3) is 11.6. The molecule has 0 radical (unpaired) electrons. The van der Waals surface area contributed by atoms with Gasteiger partial charge in [-0.2, -0.15) is 0 Å². The summed E-state index contributed by atoms with van der Waals surface area (Å²) in [6, 6.07) is 0.0582. The summed E-state index contributed by atoms with van der Waals surface area (Å²) in [6.45, 7) is 17.5. The van der Waals surface area contributed by atoms with E-state index in [2.05, 4.69) is 53.2 Å². The molecule has 1 heterocycles. The first-order valence-corrected chi connectivity index (χ1v) is 11.2. The quantitative estimate of drug-likeness (QED) is 0.265. The number of carbonyl (C=O) groups is 1. The smallest absolute Gasteiger partial charge is 0.407 e. The maximum atomic E-state index is 12.1. The van der Waals surface area contributed by atoms with Crippen LogP contribution in [0.15, 0.2) is 4.99 Å². The third-order valence-corrected chi connectivity index (χ3v) is 5.31. The van der Waals surface area contributed by atoms with Gasteiger partial charge in [-0.1, -0.05) is 20.8 Å². The van der Waals surface area contributed by atoms with Gasteiger partial charge in [-0.3, -0.25) is 4.99 Å². The van der Waals surface area contributed by atoms with E-state index in [4.69, 9.17) is 4.74 Å². The van der Waals surface area contributed by atoms with Gasteiger partial charge in [0.2, 0.25) is 0 Å². The number of hydrogen-bond acceptors (Lipinski definition) is 4. The standard InChI is InChI=1S/C22H45N5O2.HI/c1-9-12-27-14-10-18(16-27)15-24-20(23-7)26(8)13-11-19(17(2)3)25-21(28)29-22(4,5)6;/h17-19H,9-16H2,1-8H3,(H,23,24)(H,25,28);1H. The van der Waals surface area contributed by atoms with Crippen molar-refractivity contribution >= 4 is 36.0 Å². The number of rotatable bonds is 9. The van der Waals surface area contributed by atoms with Crippen LogP contribution in [-0.2, 0) is 4.74 Å². The molecule has 0 saturated carbocycles. The Labute approximate surface area is 201 Å². The summed E-state index contributed by atoms with van der Waals surface area (Å²) in [7, 11) is 3.88. The summed E-state index contributed by atoms with van der Waals surface area (Å²) in [6.07, 6.45) is 2.96. The van der Waals surface area contributed by atoms with Crippen LogP contribution in [0, 0.1) is 11.8 Å². The van der Waals surface area contributed by atoms with Gasteiger partial charge in [0.25, 0.3) is 0 Å². The molecule has 0 bridgehead atoms. The summed E-state index contributed by atoms with van der Waals surface area (Å²) in [5.74, 6) is 1.93. The van der Waals surface area contributed by atoms with Gasteiger partial charge in [0.1, 0.15) is 5.60 Å². The SMILES string of the molecule is CCCN1CCC(CNC(=NC)N(C)CCC(NC(=O)OC(C)(C)C)C(C)C)C1.I. The number of ether oxygens (including phenoxy) is 1. The Hall–Kier alpha value is -0.770. The molecule has 2 N–H and O–H groups in total. The van der Waals surface area contributed by atoms with Gasteiger partial charge < -0.3 is 25.2 Å². The summed E-state index contributed by atoms with van der Waals surface area (Å²) < 4.78 is 5.41. The predicted molar refractivity (Wildman–Crippen MR) is 137 cm³/mol. The number of alkyl carbamates (subject to hydrolysis) is 1. The molecule has 2 atom stereocenters. The Bertz CT molecular complexity index is 522. The lowest BCUT2D eigenvalue weighted by molar-refractivity contribution is 0.0486. The average molecular weight is 540 g/mol. The minimum absolute atomic E-state index is 0. The number of hydrogen-bond donors (Lipinski definition) is 2. The van der Waals surface area contributed by atoms with Crippen LogP contribution in [0.2, 0.25) is 0 Å². The van der Waals surface area contributed by atoms with Gasteiger partial charge in [-0.05, 0) is 65.0 Å². The molecule has 8 heteroatoms. The molecule has 7 nitrogen and oxygen atoms in total. The van der Waals surface area contributed by atoms with E-state index >= 15 is 0 Å². The lowest BCUT2D eigenvalue weighted by Gasteiger charge is -2.29. The Morgan fingerprint density at radius 2 is 2.00 bits per heavy atom. The topological polar surface area (TPSA) is 69.2 Å². The molecular formula is C22H46IN5O2. The average Bonchev–Trinajstić information content (AvgIpc) is 3.05. The fourth-order valence-electron chi connectivity index (χ4n) is 3.69. The number of amides is 1. The van der Waals surface area contributed by atoms with Crippen molar-refractivity contribution in [3.05, 3.63) is 0 Å². The van der Waals surface area contributed by atoms with Gasteiger partial charge in [0.15, 0.2) is 5.96 Å². The highest BCUT2D eigenvalue weighted by Gasteiger charge is 2.24. The largest absolute Gasteiger partial charge is 0.444 e. The van der Waals surface area contributed by atoms with E-state index < -0.39 is 5.60 Å². The molecule has 1 saturated heterocycles. The predicted octanol–water partition coefficient (Wildman–Crippen LogP) is 3.78. The van der Waals surface area contributed by atoms with Crippen LogP contribution < -0.4 is 10.6 Å². The van der Waals surface area contributed by atoms with Crippen LogP contribution in [0.3, 0.4) is 0 Å². The number of guanidine groups is 1. The number of nitrogens with zero attached hydrogens (tertiary/aromatic N) is 3. The molecule has 1 amide bonds. The minimum Gasteiger partial charge on any atom is -0.444 e. The van der Waals surface area contributed by atoms with Crippen LogP contribution >= 0.6 is 24.0 Å². The number of nitrogens with one attached hydrogen (secondary N) is 2. The van der Waals surface area contributed by atoms with E-state index in [1.54, 1.807) is 0 Å². The lowest BCUT2D eigenvalue weighted by atomic mass is 10.0. The number of aliphatic imine (C=N–C) groups is 1. The van der Waals surface area contributed by atoms with Crippen molar-refractivity contribution in [3.8, 4) is 0 Å². The number of likely N-dealkylation sites (tertiary alicyclic amines) is 1. The normalized spacial score (nSPS) is 18.7. The van der Waals surface area contributed by atoms with Gasteiger partial charge in [0, 0.05) is 39.8 Å². The first-order chi connectivity index (χ1) is 13.6. The van der Waals surface area contributed by atoms with E-state index in [1.165, 1.54) is 32.5 Å². The summed E-state index contributed by atoms with van der Waals surface area (Å²) in [4.78, 5) is 21.3.